The molecule has 0 aliphatic rings. The fourth-order valence-electron chi connectivity index (χ4n) is 2.15. The van der Waals surface area contributed by atoms with E-state index in [2.05, 4.69) is 4.72 Å². The van der Waals surface area contributed by atoms with E-state index in [0.717, 1.165) is 12.8 Å². The highest BCUT2D eigenvalue weighted by molar-refractivity contribution is 7.83. The Kier molecular flexibility index (Phi) is 7.39. The molecule has 2 N–H and O–H groups in total. The van der Waals surface area contributed by atoms with Crippen molar-refractivity contribution in [2.75, 3.05) is 7.11 Å². The van der Waals surface area contributed by atoms with Gasteiger partial charge in [0, 0.05) is 22.7 Å². The van der Waals surface area contributed by atoms with Gasteiger partial charge in [0.1, 0.15) is 6.10 Å². The minimum absolute atomic E-state index is 0.382. The smallest absolute Gasteiger partial charge is 0.333 e. The first kappa shape index (κ1) is 18.7. The van der Waals surface area contributed by atoms with Gasteiger partial charge in [0.05, 0.1) is 6.04 Å². The van der Waals surface area contributed by atoms with Gasteiger partial charge >= 0.3 is 10.3 Å². The Morgan fingerprint density at radius 2 is 1.90 bits per heavy atom. The lowest BCUT2D eigenvalue weighted by Crippen LogP contribution is -2.39. The highest BCUT2D eigenvalue weighted by Gasteiger charge is 2.29. The fraction of sp³-hybridized carbons (Fsp3) is 0.538. The van der Waals surface area contributed by atoms with E-state index in [1.165, 1.54) is 7.11 Å². The molecule has 21 heavy (non-hydrogen) atoms. The zero-order chi connectivity index (χ0) is 16.0. The van der Waals surface area contributed by atoms with Crippen LogP contribution >= 0.6 is 23.2 Å². The van der Waals surface area contributed by atoms with Crippen LogP contribution in [0.1, 0.15) is 37.9 Å². The topological polar surface area (TPSA) is 75.6 Å². The van der Waals surface area contributed by atoms with E-state index in [4.69, 9.17) is 32.5 Å². The highest BCUT2D eigenvalue weighted by atomic mass is 35.5. The van der Waals surface area contributed by atoms with Gasteiger partial charge in [-0.05, 0) is 18.6 Å². The Hall–Kier alpha value is -0.370. The minimum atomic E-state index is -4.36. The van der Waals surface area contributed by atoms with Gasteiger partial charge in [-0.2, -0.15) is 13.1 Å². The third kappa shape index (κ3) is 5.73. The molecule has 1 aromatic rings. The van der Waals surface area contributed by atoms with Crippen LogP contribution in [0.5, 0.6) is 0 Å². The van der Waals surface area contributed by atoms with Gasteiger partial charge in [-0.25, -0.2) is 0 Å². The summed E-state index contributed by atoms with van der Waals surface area (Å²) in [5, 5.41) is 0.765. The van der Waals surface area contributed by atoms with Crippen molar-refractivity contribution in [1.82, 2.24) is 4.72 Å². The summed E-state index contributed by atoms with van der Waals surface area (Å²) in [4.78, 5) is 0. The standard InChI is InChI=1S/C13H19Cl2NO4S/c1-3-4-8-11(16-21(17,18)19)13(20-2)12-9(14)6-5-7-10(12)15/h5-7,11,13,16H,3-4,8H2,1-2H3,(H,17,18,19)/t11-,13+/m0/s1. The normalized spacial score (nSPS) is 14.9. The van der Waals surface area contributed by atoms with Gasteiger partial charge < -0.3 is 4.74 Å². The largest absolute Gasteiger partial charge is 0.375 e. The lowest BCUT2D eigenvalue weighted by atomic mass is 9.98. The second-order valence-corrected chi connectivity index (χ2v) is 6.63. The summed E-state index contributed by atoms with van der Waals surface area (Å²) in [6.45, 7) is 1.98. The minimum Gasteiger partial charge on any atom is -0.375 e. The van der Waals surface area contributed by atoms with E-state index in [1.54, 1.807) is 18.2 Å². The number of methoxy groups -OCH3 is 1. The average molecular weight is 356 g/mol. The van der Waals surface area contributed by atoms with Crippen LogP contribution in [0.3, 0.4) is 0 Å². The SMILES string of the molecule is CCCC[C@H](NS(=O)(=O)O)[C@@H](OC)c1c(Cl)cccc1Cl. The molecule has 0 spiro atoms. The van der Waals surface area contributed by atoms with Crippen LogP contribution in [0.4, 0.5) is 0 Å². The van der Waals surface area contributed by atoms with E-state index < -0.39 is 22.4 Å². The van der Waals surface area contributed by atoms with E-state index >= 15 is 0 Å². The summed E-state index contributed by atoms with van der Waals surface area (Å²) in [5.74, 6) is 0. The molecule has 0 aromatic heterocycles. The molecule has 5 nitrogen and oxygen atoms in total. The third-order valence-corrected chi connectivity index (χ3v) is 4.33. The number of unbranched alkanes of at least 4 members (excludes halogenated alkanes) is 1. The molecule has 8 heteroatoms. The van der Waals surface area contributed by atoms with Crippen molar-refractivity contribution >= 4 is 33.5 Å². The van der Waals surface area contributed by atoms with Gasteiger partial charge in [0.2, 0.25) is 0 Å². The number of rotatable bonds is 8. The van der Waals surface area contributed by atoms with Crippen LogP contribution in [0.2, 0.25) is 10.0 Å². The van der Waals surface area contributed by atoms with Crippen LogP contribution in [-0.2, 0) is 15.0 Å². The Balaban J connectivity index is 3.17. The summed E-state index contributed by atoms with van der Waals surface area (Å²) in [5.41, 5.74) is 0.501. The number of ether oxygens (including phenoxy) is 1. The number of benzene rings is 1. The molecular weight excluding hydrogens is 337 g/mol. The molecule has 1 rings (SSSR count). The summed E-state index contributed by atoms with van der Waals surface area (Å²) < 4.78 is 38.9. The average Bonchev–Trinajstić information content (AvgIpc) is 2.38. The molecule has 0 aliphatic heterocycles. The maximum atomic E-state index is 11.1. The predicted octanol–water partition coefficient (Wildman–Crippen LogP) is 3.63. The van der Waals surface area contributed by atoms with Crippen molar-refractivity contribution in [1.29, 1.82) is 0 Å². The quantitative estimate of drug-likeness (QED) is 0.698. The van der Waals surface area contributed by atoms with Gasteiger partial charge in [-0.1, -0.05) is 49.0 Å². The van der Waals surface area contributed by atoms with Gasteiger partial charge in [0.25, 0.3) is 0 Å². The lowest BCUT2D eigenvalue weighted by molar-refractivity contribution is 0.0709. The van der Waals surface area contributed by atoms with Crippen molar-refractivity contribution in [3.63, 3.8) is 0 Å². The first-order chi connectivity index (χ1) is 9.80. The third-order valence-electron chi connectivity index (χ3n) is 3.07. The molecular formula is C13H19Cl2NO4S. The number of halogens is 2. The molecule has 0 bridgehead atoms. The van der Waals surface area contributed by atoms with Gasteiger partial charge in [-0.15, -0.1) is 0 Å². The zero-order valence-electron chi connectivity index (χ0n) is 11.8. The fourth-order valence-corrected chi connectivity index (χ4v) is 3.39. The number of hydrogen-bond acceptors (Lipinski definition) is 3. The molecule has 0 unspecified atom stereocenters. The second-order valence-electron chi connectivity index (χ2n) is 4.63. The zero-order valence-corrected chi connectivity index (χ0v) is 14.2. The number of hydrogen-bond donors (Lipinski definition) is 2. The first-order valence-corrected chi connectivity index (χ1v) is 8.71. The van der Waals surface area contributed by atoms with E-state index in [-0.39, 0.29) is 0 Å². The van der Waals surface area contributed by atoms with E-state index in [9.17, 15) is 8.42 Å². The van der Waals surface area contributed by atoms with Gasteiger partial charge in [0.15, 0.2) is 0 Å². The van der Waals surface area contributed by atoms with Crippen molar-refractivity contribution in [2.24, 2.45) is 0 Å². The molecule has 120 valence electrons. The number of nitrogens with one attached hydrogen (secondary N) is 1. The van der Waals surface area contributed by atoms with E-state index in [1.807, 2.05) is 6.92 Å². The van der Waals surface area contributed by atoms with Crippen molar-refractivity contribution in [3.8, 4) is 0 Å². The second kappa shape index (κ2) is 8.31. The van der Waals surface area contributed by atoms with E-state index in [0.29, 0.717) is 22.0 Å². The van der Waals surface area contributed by atoms with Gasteiger partial charge in [-0.3, -0.25) is 4.55 Å². The monoisotopic (exact) mass is 355 g/mol. The Morgan fingerprint density at radius 3 is 2.33 bits per heavy atom. The van der Waals surface area contributed by atoms with Crippen molar-refractivity contribution in [3.05, 3.63) is 33.8 Å². The summed E-state index contributed by atoms with van der Waals surface area (Å²) >= 11 is 12.3. The maximum absolute atomic E-state index is 11.1. The summed E-state index contributed by atoms with van der Waals surface area (Å²) in [6, 6.07) is 4.33. The molecule has 0 aliphatic carbocycles. The van der Waals surface area contributed by atoms with Crippen LogP contribution in [0.15, 0.2) is 18.2 Å². The Labute approximate surface area is 135 Å². The van der Waals surface area contributed by atoms with Crippen LogP contribution < -0.4 is 4.72 Å². The molecule has 0 saturated heterocycles. The van der Waals surface area contributed by atoms with Crippen LogP contribution in [0, 0.1) is 0 Å². The predicted molar refractivity (Wildman–Crippen MR) is 84.2 cm³/mol. The summed E-state index contributed by atoms with van der Waals surface area (Å²) in [7, 11) is -2.92. The Bertz CT molecular complexity index is 545. The summed E-state index contributed by atoms with van der Waals surface area (Å²) in [6.07, 6.45) is 1.42. The highest BCUT2D eigenvalue weighted by Crippen LogP contribution is 2.35. The maximum Gasteiger partial charge on any atom is 0.333 e. The lowest BCUT2D eigenvalue weighted by Gasteiger charge is -2.27. The molecule has 2 atom stereocenters. The van der Waals surface area contributed by atoms with Crippen LogP contribution in [0.25, 0.3) is 0 Å². The van der Waals surface area contributed by atoms with Crippen molar-refractivity contribution < 1.29 is 17.7 Å². The Morgan fingerprint density at radius 1 is 1.33 bits per heavy atom. The van der Waals surface area contributed by atoms with Crippen molar-refractivity contribution in [2.45, 2.75) is 38.3 Å². The molecule has 0 radical (unpaired) electrons. The molecule has 0 amide bonds. The van der Waals surface area contributed by atoms with Crippen LogP contribution in [-0.4, -0.2) is 26.1 Å². The molecule has 0 fully saturated rings. The molecule has 0 heterocycles. The first-order valence-electron chi connectivity index (χ1n) is 6.51. The molecule has 1 aromatic carbocycles. The molecule has 0 saturated carbocycles.